The molecule has 0 aromatic carbocycles. The van der Waals surface area contributed by atoms with E-state index in [-0.39, 0.29) is 18.3 Å². The van der Waals surface area contributed by atoms with Crippen LogP contribution in [-0.2, 0) is 4.79 Å². The van der Waals surface area contributed by atoms with Crippen molar-refractivity contribution < 1.29 is 25.2 Å². The fraction of sp³-hybridized carbons (Fsp3) is 0.864. The number of carboxylic acids is 1. The molecule has 5 nitrogen and oxygen atoms in total. The summed E-state index contributed by atoms with van der Waals surface area (Å²) in [5.74, 6) is -1.28. The number of carbonyl (C=O) groups is 1. The Balaban J connectivity index is 2.50. The van der Waals surface area contributed by atoms with Crippen molar-refractivity contribution in [1.82, 2.24) is 0 Å². The number of unbranched alkanes of at least 4 members (excludes halogenated alkanes) is 6. The zero-order chi connectivity index (χ0) is 20.3. The first-order chi connectivity index (χ1) is 12.8. The standard InChI is InChI=1S/C22H40O5/c1-3-4-5-6-9-12-15-22(2,27)21-17(18(23)16-19(21)24)13-10-7-8-11-14-20(25)26/h7,10,17-19,21,23-24,27H,3-6,8-9,11-16H2,1-2H3,(H,25,26)/t17-,18?,19-,21-,22?/m0/s1. The van der Waals surface area contributed by atoms with Gasteiger partial charge in [0.05, 0.1) is 17.8 Å². The molecule has 1 aliphatic rings. The van der Waals surface area contributed by atoms with Crippen LogP contribution in [-0.4, -0.2) is 44.2 Å². The maximum atomic E-state index is 11.0. The summed E-state index contributed by atoms with van der Waals surface area (Å²) in [6.45, 7) is 3.99. The predicted octanol–water partition coefficient (Wildman–Crippen LogP) is 4.05. The molecule has 5 heteroatoms. The van der Waals surface area contributed by atoms with Gasteiger partial charge in [-0.05, 0) is 44.9 Å². The van der Waals surface area contributed by atoms with Crippen LogP contribution in [0.2, 0.25) is 0 Å². The van der Waals surface area contributed by atoms with Crippen molar-refractivity contribution in [3.63, 3.8) is 0 Å². The van der Waals surface area contributed by atoms with E-state index in [1.54, 1.807) is 6.92 Å². The number of aliphatic hydroxyl groups excluding tert-OH is 2. The summed E-state index contributed by atoms with van der Waals surface area (Å²) in [5.41, 5.74) is -0.983. The summed E-state index contributed by atoms with van der Waals surface area (Å²) < 4.78 is 0. The van der Waals surface area contributed by atoms with Crippen LogP contribution in [0.3, 0.4) is 0 Å². The third-order valence-corrected chi connectivity index (χ3v) is 5.94. The molecule has 27 heavy (non-hydrogen) atoms. The molecule has 158 valence electrons. The highest BCUT2D eigenvalue weighted by molar-refractivity contribution is 5.66. The van der Waals surface area contributed by atoms with E-state index in [0.717, 1.165) is 12.8 Å². The minimum atomic E-state index is -0.983. The second kappa shape index (κ2) is 12.5. The normalized spacial score (nSPS) is 27.9. The molecule has 1 saturated carbocycles. The van der Waals surface area contributed by atoms with Gasteiger partial charge in [0.2, 0.25) is 0 Å². The number of carboxylic acid groups (broad SMARTS) is 1. The first-order valence-corrected chi connectivity index (χ1v) is 10.7. The van der Waals surface area contributed by atoms with Crippen LogP contribution in [0.15, 0.2) is 12.2 Å². The molecule has 0 amide bonds. The van der Waals surface area contributed by atoms with Gasteiger partial charge in [0.1, 0.15) is 0 Å². The molecule has 1 rings (SSSR count). The summed E-state index contributed by atoms with van der Waals surface area (Å²) in [6.07, 6.45) is 12.5. The quantitative estimate of drug-likeness (QED) is 0.268. The van der Waals surface area contributed by atoms with Crippen LogP contribution in [0.25, 0.3) is 0 Å². The molecule has 1 fully saturated rings. The molecule has 0 heterocycles. The van der Waals surface area contributed by atoms with Gasteiger partial charge in [0.15, 0.2) is 0 Å². The fourth-order valence-corrected chi connectivity index (χ4v) is 4.45. The SMILES string of the molecule is CCCCCCCCC(C)(O)[C@@H]1[C@@H](O)CC(O)[C@@H]1CC=CCCCC(=O)O. The Labute approximate surface area is 164 Å². The molecular formula is C22H40O5. The number of aliphatic hydroxyl groups is 3. The maximum absolute atomic E-state index is 11.0. The smallest absolute Gasteiger partial charge is 0.303 e. The summed E-state index contributed by atoms with van der Waals surface area (Å²) in [6, 6.07) is 0. The molecule has 0 spiro atoms. The van der Waals surface area contributed by atoms with Crippen LogP contribution in [0, 0.1) is 11.8 Å². The molecule has 0 radical (unpaired) electrons. The Morgan fingerprint density at radius 1 is 1.04 bits per heavy atom. The zero-order valence-corrected chi connectivity index (χ0v) is 17.1. The minimum absolute atomic E-state index is 0.157. The van der Waals surface area contributed by atoms with Crippen molar-refractivity contribution in [2.75, 3.05) is 0 Å². The molecule has 2 unspecified atom stereocenters. The first-order valence-electron chi connectivity index (χ1n) is 10.7. The van der Waals surface area contributed by atoms with Gasteiger partial charge in [-0.3, -0.25) is 4.79 Å². The van der Waals surface area contributed by atoms with E-state index >= 15 is 0 Å². The van der Waals surface area contributed by atoms with E-state index in [0.29, 0.717) is 32.1 Å². The monoisotopic (exact) mass is 384 g/mol. The van der Waals surface area contributed by atoms with Gasteiger partial charge in [0.25, 0.3) is 0 Å². The summed E-state index contributed by atoms with van der Waals surface area (Å²) in [4.78, 5) is 10.5. The lowest BCUT2D eigenvalue weighted by atomic mass is 9.75. The van der Waals surface area contributed by atoms with Crippen molar-refractivity contribution in [3.8, 4) is 0 Å². The molecule has 0 aliphatic heterocycles. The van der Waals surface area contributed by atoms with Crippen molar-refractivity contribution >= 4 is 5.97 Å². The lowest BCUT2D eigenvalue weighted by Gasteiger charge is -2.36. The predicted molar refractivity (Wildman–Crippen MR) is 107 cm³/mol. The number of hydrogen-bond donors (Lipinski definition) is 4. The van der Waals surface area contributed by atoms with E-state index in [2.05, 4.69) is 6.92 Å². The van der Waals surface area contributed by atoms with Crippen LogP contribution in [0.1, 0.15) is 90.9 Å². The molecule has 0 bridgehead atoms. The Morgan fingerprint density at radius 3 is 2.37 bits per heavy atom. The van der Waals surface area contributed by atoms with E-state index < -0.39 is 23.8 Å². The van der Waals surface area contributed by atoms with E-state index in [1.807, 2.05) is 12.2 Å². The van der Waals surface area contributed by atoms with Crippen molar-refractivity contribution in [2.24, 2.45) is 11.8 Å². The van der Waals surface area contributed by atoms with Crippen LogP contribution >= 0.6 is 0 Å². The largest absolute Gasteiger partial charge is 0.481 e. The minimum Gasteiger partial charge on any atom is -0.481 e. The summed E-state index contributed by atoms with van der Waals surface area (Å²) in [5, 5.41) is 40.5. The molecule has 1 aliphatic carbocycles. The molecule has 5 atom stereocenters. The van der Waals surface area contributed by atoms with E-state index in [9.17, 15) is 20.1 Å². The lowest BCUT2D eigenvalue weighted by Crippen LogP contribution is -2.43. The molecular weight excluding hydrogens is 344 g/mol. The first kappa shape index (κ1) is 24.1. The van der Waals surface area contributed by atoms with E-state index in [1.165, 1.54) is 25.7 Å². The third-order valence-electron chi connectivity index (χ3n) is 5.94. The Bertz CT molecular complexity index is 446. The third kappa shape index (κ3) is 8.75. The average molecular weight is 385 g/mol. The zero-order valence-electron chi connectivity index (χ0n) is 17.1. The Hall–Kier alpha value is -0.910. The second-order valence-electron chi connectivity index (χ2n) is 8.43. The average Bonchev–Trinajstić information content (AvgIpc) is 2.88. The number of rotatable bonds is 14. The molecule has 0 aromatic rings. The number of allylic oxidation sites excluding steroid dienone is 2. The van der Waals surface area contributed by atoms with Crippen molar-refractivity contribution in [2.45, 2.75) is 109 Å². The molecule has 0 aromatic heterocycles. The van der Waals surface area contributed by atoms with Gasteiger partial charge in [-0.25, -0.2) is 0 Å². The van der Waals surface area contributed by atoms with Gasteiger partial charge in [0, 0.05) is 12.3 Å². The van der Waals surface area contributed by atoms with Gasteiger partial charge in [-0.15, -0.1) is 0 Å². The summed E-state index contributed by atoms with van der Waals surface area (Å²) >= 11 is 0. The fourth-order valence-electron chi connectivity index (χ4n) is 4.45. The molecule has 0 saturated heterocycles. The Kier molecular flexibility index (Phi) is 11.2. The highest BCUT2D eigenvalue weighted by Crippen LogP contribution is 2.43. The summed E-state index contributed by atoms with van der Waals surface area (Å²) in [7, 11) is 0. The van der Waals surface area contributed by atoms with Crippen LogP contribution in [0.5, 0.6) is 0 Å². The van der Waals surface area contributed by atoms with Gasteiger partial charge >= 0.3 is 5.97 Å². The van der Waals surface area contributed by atoms with Gasteiger partial charge in [-0.2, -0.15) is 0 Å². The van der Waals surface area contributed by atoms with Gasteiger partial charge in [-0.1, -0.05) is 57.6 Å². The van der Waals surface area contributed by atoms with Crippen LogP contribution in [0.4, 0.5) is 0 Å². The van der Waals surface area contributed by atoms with Crippen LogP contribution < -0.4 is 0 Å². The highest BCUT2D eigenvalue weighted by Gasteiger charge is 2.49. The Morgan fingerprint density at radius 2 is 1.70 bits per heavy atom. The van der Waals surface area contributed by atoms with Crippen molar-refractivity contribution in [3.05, 3.63) is 12.2 Å². The van der Waals surface area contributed by atoms with Gasteiger partial charge < -0.3 is 20.4 Å². The lowest BCUT2D eigenvalue weighted by molar-refractivity contribution is -0.137. The topological polar surface area (TPSA) is 98.0 Å². The van der Waals surface area contributed by atoms with Crippen molar-refractivity contribution in [1.29, 1.82) is 0 Å². The highest BCUT2D eigenvalue weighted by atomic mass is 16.4. The molecule has 4 N–H and O–H groups in total. The second-order valence-corrected chi connectivity index (χ2v) is 8.43. The number of aliphatic carboxylic acids is 1. The maximum Gasteiger partial charge on any atom is 0.303 e. The van der Waals surface area contributed by atoms with E-state index in [4.69, 9.17) is 5.11 Å². The number of hydrogen-bond acceptors (Lipinski definition) is 4.